The maximum atomic E-state index is 12.6. The Kier molecular flexibility index (Phi) is 5.89. The molecule has 0 unspecified atom stereocenters. The van der Waals surface area contributed by atoms with E-state index in [2.05, 4.69) is 15.3 Å². The molecule has 2 aromatic carbocycles. The molecule has 0 atom stereocenters. The van der Waals surface area contributed by atoms with Crippen LogP contribution in [0.15, 0.2) is 47.5 Å². The number of hydrogen-bond acceptors (Lipinski definition) is 6. The van der Waals surface area contributed by atoms with Crippen molar-refractivity contribution in [1.82, 2.24) is 19.6 Å². The number of sulfonamides is 1. The minimum Gasteiger partial charge on any atom is -0.382 e. The second-order valence-electron chi connectivity index (χ2n) is 7.43. The van der Waals surface area contributed by atoms with Crippen molar-refractivity contribution >= 4 is 33.3 Å². The molecule has 1 aliphatic heterocycles. The van der Waals surface area contributed by atoms with Gasteiger partial charge in [0.05, 0.1) is 16.9 Å². The monoisotopic (exact) mass is 471 g/mol. The topological polar surface area (TPSA) is 118 Å². The van der Waals surface area contributed by atoms with Gasteiger partial charge in [0.1, 0.15) is 16.4 Å². The average molecular weight is 472 g/mol. The predicted molar refractivity (Wildman–Crippen MR) is 124 cm³/mol. The second kappa shape index (κ2) is 8.50. The minimum atomic E-state index is -3.68. The maximum absolute atomic E-state index is 12.6. The zero-order valence-electron chi connectivity index (χ0n) is 17.6. The highest BCUT2D eigenvalue weighted by Crippen LogP contribution is 2.32. The summed E-state index contributed by atoms with van der Waals surface area (Å²) in [7, 11) is -2.18. The quantitative estimate of drug-likeness (QED) is 0.590. The summed E-state index contributed by atoms with van der Waals surface area (Å²) < 4.78 is 26.5. The van der Waals surface area contributed by atoms with E-state index in [1.165, 1.54) is 23.6 Å². The number of fused-ring (bicyclic) bond motifs is 1. The molecule has 0 radical (unpaired) electrons. The van der Waals surface area contributed by atoms with Crippen LogP contribution < -0.4 is 11.1 Å². The van der Waals surface area contributed by atoms with Crippen molar-refractivity contribution in [3.8, 4) is 22.5 Å². The van der Waals surface area contributed by atoms with Gasteiger partial charge >= 0.3 is 0 Å². The summed E-state index contributed by atoms with van der Waals surface area (Å²) in [6.45, 7) is 2.66. The van der Waals surface area contributed by atoms with Gasteiger partial charge in [-0.1, -0.05) is 30.7 Å². The number of nitrogen functional groups attached to an aromatic ring is 1. The van der Waals surface area contributed by atoms with E-state index in [1.54, 1.807) is 31.2 Å². The van der Waals surface area contributed by atoms with Crippen molar-refractivity contribution in [3.05, 3.63) is 58.7 Å². The summed E-state index contributed by atoms with van der Waals surface area (Å²) in [5, 5.41) is 2.92. The Balaban J connectivity index is 1.74. The van der Waals surface area contributed by atoms with E-state index in [0.29, 0.717) is 35.6 Å². The standard InChI is InChI=1S/C22H22ClN5O3S/c1-3-28(2)32(30,31)19-7-5-14(11-17(19)23)18-12-26-21(24)20(27-18)15-4-6-16-13(10-15)8-9-25-22(16)29/h4-7,10-12H,3,8-9H2,1-2H3,(H2,24,26)(H,25,29). The Morgan fingerprint density at radius 3 is 2.66 bits per heavy atom. The van der Waals surface area contributed by atoms with Gasteiger partial charge in [0, 0.05) is 36.8 Å². The molecule has 3 N–H and O–H groups in total. The largest absolute Gasteiger partial charge is 0.382 e. The van der Waals surface area contributed by atoms with E-state index < -0.39 is 10.0 Å². The number of anilines is 1. The van der Waals surface area contributed by atoms with E-state index >= 15 is 0 Å². The molecule has 0 fully saturated rings. The molecular formula is C22H22ClN5O3S. The van der Waals surface area contributed by atoms with Gasteiger partial charge in [0.15, 0.2) is 0 Å². The van der Waals surface area contributed by atoms with E-state index in [-0.39, 0.29) is 21.6 Å². The lowest BCUT2D eigenvalue weighted by atomic mass is 9.96. The lowest BCUT2D eigenvalue weighted by Gasteiger charge is -2.18. The summed E-state index contributed by atoms with van der Waals surface area (Å²) in [5.74, 6) is 0.160. The third-order valence-electron chi connectivity index (χ3n) is 5.47. The molecule has 0 bridgehead atoms. The van der Waals surface area contributed by atoms with Gasteiger partial charge in [-0.15, -0.1) is 0 Å². The molecule has 1 aliphatic rings. The third kappa shape index (κ3) is 3.94. The zero-order valence-corrected chi connectivity index (χ0v) is 19.2. The van der Waals surface area contributed by atoms with Crippen molar-refractivity contribution in [1.29, 1.82) is 0 Å². The number of carbonyl (C=O) groups excluding carboxylic acids is 1. The normalized spacial score (nSPS) is 13.7. The number of aromatic nitrogens is 2. The van der Waals surface area contributed by atoms with Gasteiger partial charge in [-0.05, 0) is 36.2 Å². The van der Waals surface area contributed by atoms with Gasteiger partial charge in [-0.2, -0.15) is 0 Å². The Morgan fingerprint density at radius 2 is 1.94 bits per heavy atom. The van der Waals surface area contributed by atoms with Crippen LogP contribution in [0.4, 0.5) is 5.82 Å². The molecule has 0 saturated carbocycles. The first-order valence-corrected chi connectivity index (χ1v) is 11.8. The molecule has 4 rings (SSSR count). The second-order valence-corrected chi connectivity index (χ2v) is 9.85. The number of rotatable bonds is 5. The van der Waals surface area contributed by atoms with Crippen LogP contribution in [0.2, 0.25) is 5.02 Å². The Bertz CT molecular complexity index is 1330. The number of nitrogens with two attached hydrogens (primary N) is 1. The number of carbonyl (C=O) groups is 1. The van der Waals surface area contributed by atoms with Crippen LogP contribution in [-0.2, 0) is 16.4 Å². The van der Waals surface area contributed by atoms with E-state index in [1.807, 2.05) is 6.07 Å². The fourth-order valence-corrected chi connectivity index (χ4v) is 5.23. The van der Waals surface area contributed by atoms with Gasteiger partial charge in [-0.3, -0.25) is 4.79 Å². The van der Waals surface area contributed by atoms with Gasteiger partial charge in [0.2, 0.25) is 10.0 Å². The first-order chi connectivity index (χ1) is 15.2. The molecule has 2 heterocycles. The molecule has 10 heteroatoms. The van der Waals surface area contributed by atoms with Gasteiger partial charge in [-0.25, -0.2) is 22.7 Å². The zero-order chi connectivity index (χ0) is 23.0. The number of hydrogen-bond donors (Lipinski definition) is 2. The van der Waals surface area contributed by atoms with Crippen LogP contribution in [0.5, 0.6) is 0 Å². The van der Waals surface area contributed by atoms with Crippen LogP contribution in [0.1, 0.15) is 22.8 Å². The molecule has 32 heavy (non-hydrogen) atoms. The average Bonchev–Trinajstić information content (AvgIpc) is 2.78. The van der Waals surface area contributed by atoms with Crippen LogP contribution in [-0.4, -0.2) is 48.7 Å². The summed E-state index contributed by atoms with van der Waals surface area (Å²) in [6.07, 6.45) is 2.24. The first kappa shape index (κ1) is 22.2. The van der Waals surface area contributed by atoms with E-state index in [0.717, 1.165) is 17.5 Å². The lowest BCUT2D eigenvalue weighted by molar-refractivity contribution is 0.0946. The number of amides is 1. The summed E-state index contributed by atoms with van der Waals surface area (Å²) >= 11 is 6.33. The predicted octanol–water partition coefficient (Wildman–Crippen LogP) is 2.97. The van der Waals surface area contributed by atoms with Crippen molar-refractivity contribution in [2.24, 2.45) is 0 Å². The minimum absolute atomic E-state index is 0.0314. The molecule has 1 amide bonds. The number of halogens is 1. The van der Waals surface area contributed by atoms with Crippen molar-refractivity contribution in [2.45, 2.75) is 18.2 Å². The van der Waals surface area contributed by atoms with E-state index in [4.69, 9.17) is 17.3 Å². The maximum Gasteiger partial charge on any atom is 0.251 e. The summed E-state index contributed by atoms with van der Waals surface area (Å²) in [5.41, 5.74) is 10.0. The van der Waals surface area contributed by atoms with Gasteiger partial charge < -0.3 is 11.1 Å². The highest BCUT2D eigenvalue weighted by atomic mass is 35.5. The van der Waals surface area contributed by atoms with Crippen LogP contribution in [0.3, 0.4) is 0 Å². The Hall–Kier alpha value is -3.01. The van der Waals surface area contributed by atoms with Crippen LogP contribution in [0, 0.1) is 0 Å². The highest BCUT2D eigenvalue weighted by Gasteiger charge is 2.23. The number of benzene rings is 2. The molecule has 0 aliphatic carbocycles. The smallest absolute Gasteiger partial charge is 0.251 e. The van der Waals surface area contributed by atoms with Gasteiger partial charge in [0.25, 0.3) is 5.91 Å². The van der Waals surface area contributed by atoms with E-state index in [9.17, 15) is 13.2 Å². The molecule has 1 aromatic heterocycles. The molecule has 0 saturated heterocycles. The lowest BCUT2D eigenvalue weighted by Crippen LogP contribution is -2.31. The summed E-state index contributed by atoms with van der Waals surface area (Å²) in [4.78, 5) is 21.0. The molecule has 166 valence electrons. The highest BCUT2D eigenvalue weighted by molar-refractivity contribution is 7.89. The number of nitrogens with one attached hydrogen (secondary N) is 1. The molecular weight excluding hydrogens is 450 g/mol. The van der Waals surface area contributed by atoms with Crippen molar-refractivity contribution < 1.29 is 13.2 Å². The Labute approximate surface area is 191 Å². The van der Waals surface area contributed by atoms with Crippen molar-refractivity contribution in [2.75, 3.05) is 25.9 Å². The molecule has 8 nitrogen and oxygen atoms in total. The fraction of sp³-hybridized carbons (Fsp3) is 0.227. The molecule has 0 spiro atoms. The Morgan fingerprint density at radius 1 is 1.19 bits per heavy atom. The first-order valence-electron chi connectivity index (χ1n) is 10.0. The van der Waals surface area contributed by atoms with Crippen LogP contribution in [0.25, 0.3) is 22.5 Å². The van der Waals surface area contributed by atoms with Crippen molar-refractivity contribution in [3.63, 3.8) is 0 Å². The third-order valence-corrected chi connectivity index (χ3v) is 7.88. The van der Waals surface area contributed by atoms with Crippen LogP contribution >= 0.6 is 11.6 Å². The summed E-state index contributed by atoms with van der Waals surface area (Å²) in [6, 6.07) is 10.1. The molecule has 3 aromatic rings. The fourth-order valence-electron chi connectivity index (χ4n) is 3.53. The SMILES string of the molecule is CCN(C)S(=O)(=O)c1ccc(-c2cnc(N)c(-c3ccc4c(c3)CCNC4=O)n2)cc1Cl. The number of nitrogens with zero attached hydrogens (tertiary/aromatic N) is 3.